The van der Waals surface area contributed by atoms with E-state index in [4.69, 9.17) is 37.9 Å². The van der Waals surface area contributed by atoms with Gasteiger partial charge in [0.25, 0.3) is 0 Å². The minimum Gasteiger partial charge on any atom is -0.458 e. The van der Waals surface area contributed by atoms with Crippen LogP contribution in [0.5, 0.6) is 0 Å². The molecular weight excluding hydrogens is 740 g/mol. The van der Waals surface area contributed by atoms with E-state index < -0.39 is 108 Å². The summed E-state index contributed by atoms with van der Waals surface area (Å²) in [6.07, 6.45) is -3.56. The van der Waals surface area contributed by atoms with Gasteiger partial charge in [-0.1, -0.05) is 39.8 Å². The lowest BCUT2D eigenvalue weighted by Gasteiger charge is -2.50. The molecule has 0 aromatic rings. The summed E-state index contributed by atoms with van der Waals surface area (Å²) >= 11 is 0. The van der Waals surface area contributed by atoms with Crippen molar-refractivity contribution in [2.75, 3.05) is 34.4 Å². The molecule has 5 aliphatic rings. The van der Waals surface area contributed by atoms with Crippen LogP contribution in [0.15, 0.2) is 12.2 Å². The van der Waals surface area contributed by atoms with Crippen LogP contribution in [0.3, 0.4) is 0 Å². The van der Waals surface area contributed by atoms with Crippen LogP contribution in [0.1, 0.15) is 94.9 Å². The Morgan fingerprint density at radius 2 is 1.63 bits per heavy atom. The van der Waals surface area contributed by atoms with Crippen LogP contribution in [-0.4, -0.2) is 156 Å². The van der Waals surface area contributed by atoms with Gasteiger partial charge < -0.3 is 53.0 Å². The summed E-state index contributed by atoms with van der Waals surface area (Å²) < 4.78 is 51.6. The number of Topliss-reactive ketones (excluding diaryl/α,β-unsaturated/α-hetero) is 1. The van der Waals surface area contributed by atoms with Crippen LogP contribution in [0.2, 0.25) is 0 Å². The van der Waals surface area contributed by atoms with Crippen LogP contribution < -0.4 is 0 Å². The van der Waals surface area contributed by atoms with Gasteiger partial charge in [-0.2, -0.15) is 0 Å². The Morgan fingerprint density at radius 3 is 2.26 bits per heavy atom. The predicted octanol–water partition coefficient (Wildman–Crippen LogP) is 3.85. The predicted molar refractivity (Wildman–Crippen MR) is 208 cm³/mol. The third kappa shape index (κ3) is 8.97. The first-order valence-electron chi connectivity index (χ1n) is 20.8. The van der Waals surface area contributed by atoms with Gasteiger partial charge in [-0.05, 0) is 74.9 Å². The largest absolute Gasteiger partial charge is 0.458 e. The van der Waals surface area contributed by atoms with E-state index in [1.165, 1.54) is 7.11 Å². The summed E-state index contributed by atoms with van der Waals surface area (Å²) in [4.78, 5) is 46.5. The molecule has 4 fully saturated rings. The number of carbonyl (C=O) groups is 3. The molecule has 2 bridgehead atoms. The second-order valence-electron chi connectivity index (χ2n) is 18.2. The number of hydrogen-bond acceptors (Lipinski definition) is 14. The molecule has 0 spiro atoms. The molecule has 15 heteroatoms. The van der Waals surface area contributed by atoms with Gasteiger partial charge in [0, 0.05) is 43.9 Å². The Balaban J connectivity index is 1.70. The summed E-state index contributed by atoms with van der Waals surface area (Å²) in [7, 11) is 5.32. The summed E-state index contributed by atoms with van der Waals surface area (Å²) in [5.41, 5.74) is -3.62. The Labute approximate surface area is 338 Å². The average molecular weight is 811 g/mol. The fraction of sp³-hybridized carbons (Fsp3) is 0.881. The van der Waals surface area contributed by atoms with Crippen molar-refractivity contribution < 1.29 is 62.5 Å². The van der Waals surface area contributed by atoms with Crippen LogP contribution in [0.25, 0.3) is 0 Å². The molecule has 5 rings (SSSR count). The number of fused-ring (bicyclic) bond motifs is 4. The number of cyclic esters (lactones) is 1. The van der Waals surface area contributed by atoms with Crippen molar-refractivity contribution in [1.29, 1.82) is 0 Å². The Kier molecular flexibility index (Phi) is 14.3. The molecule has 2 N–H and O–H groups in total. The van der Waals surface area contributed by atoms with Crippen molar-refractivity contribution in [3.8, 4) is 0 Å². The van der Waals surface area contributed by atoms with Gasteiger partial charge in [-0.25, -0.2) is 4.79 Å². The van der Waals surface area contributed by atoms with Crippen molar-refractivity contribution in [2.45, 2.75) is 179 Å². The number of rotatable bonds is 7. The lowest BCUT2D eigenvalue weighted by molar-refractivity contribution is -0.320. The summed E-state index contributed by atoms with van der Waals surface area (Å²) in [6, 6.07) is -1.03. The van der Waals surface area contributed by atoms with E-state index in [9.17, 15) is 24.6 Å². The molecule has 4 saturated heterocycles. The molecule has 0 saturated carbocycles. The molecule has 5 aliphatic heterocycles. The van der Waals surface area contributed by atoms with E-state index >= 15 is 0 Å². The number of esters is 1. The summed E-state index contributed by atoms with van der Waals surface area (Å²) in [6.45, 7) is 18.5. The molecule has 1 amide bonds. The Bertz CT molecular complexity index is 1460. The van der Waals surface area contributed by atoms with E-state index in [0.717, 1.165) is 0 Å². The SMILES string of the molecule is CC[C@H]1OC(=O)[C@H](C)C(OC2C[C@@](C)(OC)[C@@H](O)[C@H](C)O2)[C@H](C)[C@@H](OC2O[C@H](C)C[C@H](N(C)C)[C@H]2O)[C@]2(C)C[C@@H](C)C(=O)[C@H](C)[C@H]3N(C/C=C\CO2)C(=O)O[C@]13C. The highest BCUT2D eigenvalue weighted by molar-refractivity contribution is 5.85. The van der Waals surface area contributed by atoms with E-state index in [2.05, 4.69) is 0 Å². The molecular formula is C42H70N2O13. The first kappa shape index (κ1) is 45.9. The number of amides is 1. The van der Waals surface area contributed by atoms with Crippen molar-refractivity contribution in [2.24, 2.45) is 23.7 Å². The van der Waals surface area contributed by atoms with Gasteiger partial charge >= 0.3 is 12.1 Å². The maximum absolute atomic E-state index is 14.7. The smallest absolute Gasteiger partial charge is 0.411 e. The van der Waals surface area contributed by atoms with E-state index in [1.54, 1.807) is 39.5 Å². The number of ketones is 1. The third-order valence-electron chi connectivity index (χ3n) is 13.6. The molecule has 18 atom stereocenters. The van der Waals surface area contributed by atoms with Crippen LogP contribution >= 0.6 is 0 Å². The summed E-state index contributed by atoms with van der Waals surface area (Å²) in [5, 5.41) is 22.8. The molecule has 0 aromatic heterocycles. The Morgan fingerprint density at radius 1 is 0.947 bits per heavy atom. The molecule has 0 aliphatic carbocycles. The molecule has 326 valence electrons. The quantitative estimate of drug-likeness (QED) is 0.281. The normalized spacial score (nSPS) is 48.3. The number of ether oxygens (including phenoxy) is 8. The number of methoxy groups -OCH3 is 1. The maximum Gasteiger partial charge on any atom is 0.411 e. The standard InChI is InChI=1S/C42H70N2O13/c1-14-29-42(10)34-24(4)31(45)22(2)20-41(9,51-18-16-15-17-44(34)39(49)57-42)36(56-38-32(46)28(43(11)12)19-23(3)52-38)25(5)33(26(6)37(48)54-29)55-30-21-40(8,50-13)35(47)27(7)53-30/h15-16,22-30,32-36,38,46-47H,14,17-21H2,1-13H3/b16-15-/t22-,23-,24+,25+,26-,27+,28+,29-,30?,32-,33?,34-,35+,36-,38?,40-,41+,42-/m1/s1. The van der Waals surface area contributed by atoms with Crippen molar-refractivity contribution in [3.05, 3.63) is 12.2 Å². The Hall–Kier alpha value is -2.21. The fourth-order valence-corrected chi connectivity index (χ4v) is 10.3. The highest BCUT2D eigenvalue weighted by atomic mass is 16.7. The molecule has 3 unspecified atom stereocenters. The lowest BCUT2D eigenvalue weighted by Crippen LogP contribution is -2.62. The number of nitrogens with zero attached hydrogens (tertiary/aromatic N) is 2. The minimum absolute atomic E-state index is 0.100. The van der Waals surface area contributed by atoms with Gasteiger partial charge in [0.2, 0.25) is 0 Å². The first-order valence-corrected chi connectivity index (χ1v) is 20.8. The molecule has 5 heterocycles. The average Bonchev–Trinajstić information content (AvgIpc) is 3.41. The van der Waals surface area contributed by atoms with Gasteiger partial charge in [0.15, 0.2) is 18.2 Å². The summed E-state index contributed by atoms with van der Waals surface area (Å²) in [5.74, 6) is -3.71. The van der Waals surface area contributed by atoms with Crippen LogP contribution in [0.4, 0.5) is 4.79 Å². The number of carbonyl (C=O) groups excluding carboxylic acids is 3. The van der Waals surface area contributed by atoms with Gasteiger partial charge in [0.05, 0.1) is 54.2 Å². The van der Waals surface area contributed by atoms with Crippen molar-refractivity contribution in [1.82, 2.24) is 9.80 Å². The fourth-order valence-electron chi connectivity index (χ4n) is 10.3. The highest BCUT2D eigenvalue weighted by Gasteiger charge is 2.61. The van der Waals surface area contributed by atoms with Crippen molar-refractivity contribution in [3.63, 3.8) is 0 Å². The molecule has 57 heavy (non-hydrogen) atoms. The third-order valence-corrected chi connectivity index (χ3v) is 13.6. The van der Waals surface area contributed by atoms with Crippen LogP contribution in [0, 0.1) is 23.7 Å². The van der Waals surface area contributed by atoms with E-state index in [1.807, 2.05) is 65.8 Å². The zero-order valence-electron chi connectivity index (χ0n) is 36.3. The second kappa shape index (κ2) is 17.8. The van der Waals surface area contributed by atoms with Gasteiger partial charge in [-0.15, -0.1) is 0 Å². The zero-order chi connectivity index (χ0) is 42.4. The van der Waals surface area contributed by atoms with Gasteiger partial charge in [-0.3, -0.25) is 14.5 Å². The molecule has 0 radical (unpaired) electrons. The highest BCUT2D eigenvalue weighted by Crippen LogP contribution is 2.45. The van der Waals surface area contributed by atoms with E-state index in [0.29, 0.717) is 12.8 Å². The van der Waals surface area contributed by atoms with Gasteiger partial charge in [0.1, 0.15) is 24.1 Å². The molecule has 0 aromatic carbocycles. The topological polar surface area (TPSA) is 172 Å². The number of aliphatic hydroxyl groups is 2. The number of likely N-dealkylation sites (N-methyl/N-ethyl adjacent to an activating group) is 1. The van der Waals surface area contributed by atoms with Crippen molar-refractivity contribution >= 4 is 17.8 Å². The minimum atomic E-state index is -1.36. The van der Waals surface area contributed by atoms with E-state index in [-0.39, 0.29) is 43.9 Å². The second-order valence-corrected chi connectivity index (χ2v) is 18.2. The van der Waals surface area contributed by atoms with Crippen LogP contribution in [-0.2, 0) is 47.5 Å². The molecule has 15 nitrogen and oxygen atoms in total. The maximum atomic E-state index is 14.7. The zero-order valence-corrected chi connectivity index (χ0v) is 36.3. The monoisotopic (exact) mass is 810 g/mol. The number of hydrogen-bond donors (Lipinski definition) is 2. The lowest BCUT2D eigenvalue weighted by atomic mass is 9.73. The first-order chi connectivity index (χ1) is 26.6. The number of aliphatic hydroxyl groups excluding tert-OH is 2.